The lowest BCUT2D eigenvalue weighted by molar-refractivity contribution is 0.0689. The zero-order valence-corrected chi connectivity index (χ0v) is 20.0. The molecule has 1 atom stereocenters. The first kappa shape index (κ1) is 22.5. The lowest BCUT2D eigenvalue weighted by atomic mass is 9.94. The minimum Gasteiger partial charge on any atom is -0.399 e. The van der Waals surface area contributed by atoms with E-state index in [2.05, 4.69) is 119 Å². The SMILES string of the molecule is CCC(C)(CCCC(C)C)O[Si](c1ccccc1)(c1ccccc1)c1ccccc1. The van der Waals surface area contributed by atoms with E-state index in [0.29, 0.717) is 0 Å². The summed E-state index contributed by atoms with van der Waals surface area (Å²) >= 11 is 0. The van der Waals surface area contributed by atoms with E-state index in [1.165, 1.54) is 28.4 Å². The number of hydrogen-bond acceptors (Lipinski definition) is 1. The topological polar surface area (TPSA) is 9.23 Å². The molecule has 30 heavy (non-hydrogen) atoms. The van der Waals surface area contributed by atoms with Gasteiger partial charge in [0.05, 0.1) is 5.60 Å². The van der Waals surface area contributed by atoms with Crippen molar-refractivity contribution in [2.24, 2.45) is 5.92 Å². The molecule has 158 valence electrons. The van der Waals surface area contributed by atoms with Gasteiger partial charge < -0.3 is 4.43 Å². The Labute approximate surface area is 184 Å². The van der Waals surface area contributed by atoms with Crippen molar-refractivity contribution >= 4 is 23.9 Å². The fraction of sp³-hybridized carbons (Fsp3) is 0.357. The van der Waals surface area contributed by atoms with Crippen LogP contribution in [-0.2, 0) is 4.43 Å². The molecule has 0 aliphatic heterocycles. The fourth-order valence-electron chi connectivity index (χ4n) is 4.25. The first-order valence-electron chi connectivity index (χ1n) is 11.4. The predicted octanol–water partition coefficient (Wildman–Crippen LogP) is 5.67. The molecule has 0 N–H and O–H groups in total. The van der Waals surface area contributed by atoms with E-state index in [9.17, 15) is 0 Å². The zero-order valence-electron chi connectivity index (χ0n) is 19.0. The van der Waals surface area contributed by atoms with Crippen LogP contribution in [0.3, 0.4) is 0 Å². The smallest absolute Gasteiger partial charge is 0.288 e. The van der Waals surface area contributed by atoms with Gasteiger partial charge in [-0.1, -0.05) is 125 Å². The van der Waals surface area contributed by atoms with Crippen LogP contribution in [0.25, 0.3) is 0 Å². The van der Waals surface area contributed by atoms with Crippen LogP contribution in [0.4, 0.5) is 0 Å². The third-order valence-corrected chi connectivity index (χ3v) is 10.4. The number of benzene rings is 3. The summed E-state index contributed by atoms with van der Waals surface area (Å²) in [6, 6.07) is 32.7. The van der Waals surface area contributed by atoms with Crippen LogP contribution >= 0.6 is 0 Å². The molecule has 0 bridgehead atoms. The van der Waals surface area contributed by atoms with Crippen molar-refractivity contribution in [3.05, 3.63) is 91.0 Å². The Morgan fingerprint density at radius 1 is 0.733 bits per heavy atom. The first-order valence-corrected chi connectivity index (χ1v) is 13.3. The van der Waals surface area contributed by atoms with E-state index >= 15 is 0 Å². The minimum absolute atomic E-state index is 0.164. The Hall–Kier alpha value is -2.16. The second-order valence-electron chi connectivity index (χ2n) is 8.97. The summed E-state index contributed by atoms with van der Waals surface area (Å²) in [5.41, 5.74) is -0.164. The van der Waals surface area contributed by atoms with E-state index in [0.717, 1.165) is 18.8 Å². The van der Waals surface area contributed by atoms with Crippen LogP contribution in [0.15, 0.2) is 91.0 Å². The summed E-state index contributed by atoms with van der Waals surface area (Å²) in [6.07, 6.45) is 4.54. The quantitative estimate of drug-likeness (QED) is 0.306. The largest absolute Gasteiger partial charge is 0.399 e. The maximum Gasteiger partial charge on any atom is 0.288 e. The van der Waals surface area contributed by atoms with E-state index < -0.39 is 8.32 Å². The Bertz CT molecular complexity index is 780. The second kappa shape index (κ2) is 10.2. The van der Waals surface area contributed by atoms with Crippen molar-refractivity contribution in [3.63, 3.8) is 0 Å². The van der Waals surface area contributed by atoms with Gasteiger partial charge in [-0.3, -0.25) is 0 Å². The molecule has 2 heteroatoms. The first-order chi connectivity index (χ1) is 14.5. The molecule has 0 radical (unpaired) electrons. The van der Waals surface area contributed by atoms with E-state index in [4.69, 9.17) is 4.43 Å². The fourth-order valence-corrected chi connectivity index (χ4v) is 8.57. The number of hydrogen-bond donors (Lipinski definition) is 0. The van der Waals surface area contributed by atoms with Crippen LogP contribution in [0.2, 0.25) is 0 Å². The van der Waals surface area contributed by atoms with Gasteiger partial charge in [-0.05, 0) is 41.2 Å². The molecule has 0 heterocycles. The van der Waals surface area contributed by atoms with Gasteiger partial charge in [0.15, 0.2) is 0 Å². The molecule has 0 aliphatic rings. The van der Waals surface area contributed by atoms with Gasteiger partial charge in [-0.15, -0.1) is 0 Å². The third-order valence-electron chi connectivity index (χ3n) is 6.18. The Morgan fingerprint density at radius 3 is 1.47 bits per heavy atom. The molecule has 1 unspecified atom stereocenters. The van der Waals surface area contributed by atoms with Crippen LogP contribution in [-0.4, -0.2) is 13.9 Å². The van der Waals surface area contributed by atoms with Gasteiger partial charge in [0.1, 0.15) is 0 Å². The van der Waals surface area contributed by atoms with Crippen molar-refractivity contribution in [3.8, 4) is 0 Å². The van der Waals surface area contributed by atoms with E-state index in [1.807, 2.05) is 0 Å². The van der Waals surface area contributed by atoms with E-state index in [1.54, 1.807) is 0 Å². The van der Waals surface area contributed by atoms with Crippen LogP contribution in [0.5, 0.6) is 0 Å². The standard InChI is InChI=1S/C28H36OSi/c1-5-28(4,23-15-16-24(2)3)29-30(25-17-9-6-10-18-25,26-19-11-7-12-20-26)27-21-13-8-14-22-27/h6-14,17-22,24H,5,15-16,23H2,1-4H3. The Morgan fingerprint density at radius 2 is 1.13 bits per heavy atom. The minimum atomic E-state index is -2.66. The highest BCUT2D eigenvalue weighted by molar-refractivity contribution is 7.07. The molecule has 0 aliphatic carbocycles. The van der Waals surface area contributed by atoms with Crippen molar-refractivity contribution in [2.75, 3.05) is 0 Å². The Balaban J connectivity index is 2.16. The average Bonchev–Trinajstić information content (AvgIpc) is 2.79. The molecule has 3 aromatic rings. The van der Waals surface area contributed by atoms with Gasteiger partial charge in [-0.2, -0.15) is 0 Å². The summed E-state index contributed by atoms with van der Waals surface area (Å²) in [7, 11) is -2.66. The van der Waals surface area contributed by atoms with Crippen molar-refractivity contribution in [2.45, 2.75) is 59.0 Å². The van der Waals surface area contributed by atoms with Gasteiger partial charge in [0.2, 0.25) is 0 Å². The lowest BCUT2D eigenvalue weighted by Crippen LogP contribution is -2.71. The Kier molecular flexibility index (Phi) is 7.68. The zero-order chi connectivity index (χ0) is 21.5. The highest BCUT2D eigenvalue weighted by atomic mass is 28.4. The van der Waals surface area contributed by atoms with Crippen molar-refractivity contribution < 1.29 is 4.43 Å². The molecule has 0 aromatic heterocycles. The highest BCUT2D eigenvalue weighted by Crippen LogP contribution is 2.28. The molecule has 0 fully saturated rings. The summed E-state index contributed by atoms with van der Waals surface area (Å²) in [5, 5.41) is 3.93. The summed E-state index contributed by atoms with van der Waals surface area (Å²) in [6.45, 7) is 9.21. The second-order valence-corrected chi connectivity index (χ2v) is 12.3. The molecule has 1 nitrogen and oxygen atoms in total. The normalized spacial score (nSPS) is 13.9. The molecular weight excluding hydrogens is 380 g/mol. The lowest BCUT2D eigenvalue weighted by Gasteiger charge is -2.42. The van der Waals surface area contributed by atoms with E-state index in [-0.39, 0.29) is 5.60 Å². The van der Waals surface area contributed by atoms with Gasteiger partial charge >= 0.3 is 0 Å². The average molecular weight is 417 g/mol. The summed E-state index contributed by atoms with van der Waals surface area (Å²) < 4.78 is 7.45. The maximum atomic E-state index is 7.45. The highest BCUT2D eigenvalue weighted by Gasteiger charge is 2.46. The van der Waals surface area contributed by atoms with Gasteiger partial charge in [0.25, 0.3) is 8.32 Å². The summed E-state index contributed by atoms with van der Waals surface area (Å²) in [5.74, 6) is 0.727. The van der Waals surface area contributed by atoms with Gasteiger partial charge in [-0.25, -0.2) is 0 Å². The molecule has 0 saturated carbocycles. The molecule has 0 spiro atoms. The van der Waals surface area contributed by atoms with Crippen LogP contribution in [0.1, 0.15) is 53.4 Å². The third kappa shape index (κ3) is 5.11. The van der Waals surface area contributed by atoms with Crippen LogP contribution < -0.4 is 15.6 Å². The van der Waals surface area contributed by atoms with Gasteiger partial charge in [0, 0.05) is 0 Å². The monoisotopic (exact) mass is 416 g/mol. The van der Waals surface area contributed by atoms with Crippen LogP contribution in [0, 0.1) is 5.92 Å². The van der Waals surface area contributed by atoms with Crippen molar-refractivity contribution in [1.29, 1.82) is 0 Å². The predicted molar refractivity (Wildman–Crippen MR) is 132 cm³/mol. The maximum absolute atomic E-state index is 7.45. The summed E-state index contributed by atoms with van der Waals surface area (Å²) in [4.78, 5) is 0. The molecule has 0 saturated heterocycles. The molecule has 0 amide bonds. The molecule has 3 aromatic carbocycles. The van der Waals surface area contributed by atoms with Crippen molar-refractivity contribution in [1.82, 2.24) is 0 Å². The number of rotatable bonds is 10. The molecule has 3 rings (SSSR count). The molecular formula is C28H36OSi.